The molecule has 0 amide bonds. The summed E-state index contributed by atoms with van der Waals surface area (Å²) in [6.45, 7) is 1.87. The summed E-state index contributed by atoms with van der Waals surface area (Å²) in [5.41, 5.74) is 6.07. The van der Waals surface area contributed by atoms with Crippen LogP contribution in [-0.4, -0.2) is 53.4 Å². The Balaban J connectivity index is 1.42. The molecule has 1 aliphatic carbocycles. The summed E-state index contributed by atoms with van der Waals surface area (Å²) in [5, 5.41) is 17.8. The van der Waals surface area contributed by atoms with Gasteiger partial charge < -0.3 is 10.4 Å². The Hall–Kier alpha value is -3.37. The molecular formula is C21H24N8O2. The molecule has 1 aliphatic rings. The van der Waals surface area contributed by atoms with E-state index in [0.717, 1.165) is 35.1 Å². The van der Waals surface area contributed by atoms with Gasteiger partial charge in [0.15, 0.2) is 11.5 Å². The van der Waals surface area contributed by atoms with Crippen LogP contribution in [0.5, 0.6) is 0 Å². The number of pyridine rings is 1. The quantitative estimate of drug-likeness (QED) is 0.418. The molecule has 0 aromatic carbocycles. The maximum atomic E-state index is 10.1. The summed E-state index contributed by atoms with van der Waals surface area (Å²) in [7, 11) is 1.81. The maximum Gasteiger partial charge on any atom is 0.266 e. The van der Waals surface area contributed by atoms with Gasteiger partial charge in [-0.1, -0.05) is 0 Å². The second kappa shape index (κ2) is 7.71. The van der Waals surface area contributed by atoms with E-state index in [2.05, 4.69) is 35.8 Å². The third-order valence-electron chi connectivity index (χ3n) is 5.68. The van der Waals surface area contributed by atoms with Crippen molar-refractivity contribution in [2.45, 2.75) is 44.3 Å². The number of fused-ring (bicyclic) bond motifs is 2. The monoisotopic (exact) mass is 420 g/mol. The van der Waals surface area contributed by atoms with Crippen LogP contribution in [0.2, 0.25) is 0 Å². The average Bonchev–Trinajstić information content (AvgIpc) is 3.21. The van der Waals surface area contributed by atoms with Crippen LogP contribution < -0.4 is 10.8 Å². The molecule has 0 saturated heterocycles. The van der Waals surface area contributed by atoms with Gasteiger partial charge in [-0.15, -0.1) is 5.10 Å². The van der Waals surface area contributed by atoms with E-state index in [1.54, 1.807) is 16.9 Å². The first-order valence-corrected chi connectivity index (χ1v) is 10.3. The van der Waals surface area contributed by atoms with Gasteiger partial charge in [0.1, 0.15) is 11.0 Å². The molecule has 0 atom stereocenters. The number of nitrogens with zero attached hydrogens (tertiary/aromatic N) is 6. The van der Waals surface area contributed by atoms with Gasteiger partial charge in [0.2, 0.25) is 0 Å². The second-order valence-corrected chi connectivity index (χ2v) is 8.07. The third kappa shape index (κ3) is 3.87. The molecule has 0 bridgehead atoms. The summed E-state index contributed by atoms with van der Waals surface area (Å²) in [6.07, 6.45) is 8.15. The minimum Gasteiger partial charge on any atom is -0.390 e. The van der Waals surface area contributed by atoms with Crippen molar-refractivity contribution in [3.8, 4) is 11.3 Å². The number of aromatic nitrogens is 6. The minimum atomic E-state index is -0.599. The van der Waals surface area contributed by atoms with Gasteiger partial charge >= 0.3 is 0 Å². The smallest absolute Gasteiger partial charge is 0.266 e. The predicted octanol–water partition coefficient (Wildman–Crippen LogP) is 2.81. The van der Waals surface area contributed by atoms with Crippen LogP contribution in [0.1, 0.15) is 32.6 Å². The maximum absolute atomic E-state index is 10.1. The van der Waals surface area contributed by atoms with Crippen LogP contribution in [0.3, 0.4) is 0 Å². The van der Waals surface area contributed by atoms with E-state index in [4.69, 9.17) is 4.84 Å². The Labute approximate surface area is 178 Å². The van der Waals surface area contributed by atoms with Gasteiger partial charge in [-0.3, -0.25) is 9.82 Å². The van der Waals surface area contributed by atoms with Gasteiger partial charge in [-0.05, 0) is 50.8 Å². The predicted molar refractivity (Wildman–Crippen MR) is 116 cm³/mol. The van der Waals surface area contributed by atoms with E-state index >= 15 is 0 Å². The van der Waals surface area contributed by atoms with E-state index in [-0.39, 0.29) is 6.10 Å². The molecule has 1 fully saturated rings. The van der Waals surface area contributed by atoms with Crippen molar-refractivity contribution in [2.75, 3.05) is 17.8 Å². The zero-order valence-electron chi connectivity index (χ0n) is 17.4. The zero-order chi connectivity index (χ0) is 21.4. The van der Waals surface area contributed by atoms with Crippen LogP contribution in [0.25, 0.3) is 27.9 Å². The topological polar surface area (TPSA) is 122 Å². The summed E-state index contributed by atoms with van der Waals surface area (Å²) >= 11 is 0. The molecule has 4 aromatic rings. The number of hydrogen-bond acceptors (Lipinski definition) is 9. The Morgan fingerprint density at radius 1 is 1.13 bits per heavy atom. The Kier molecular flexibility index (Phi) is 4.87. The molecular weight excluding hydrogens is 396 g/mol. The zero-order valence-corrected chi connectivity index (χ0v) is 17.4. The van der Waals surface area contributed by atoms with Crippen LogP contribution in [0.15, 0.2) is 36.8 Å². The van der Waals surface area contributed by atoms with Crippen molar-refractivity contribution in [2.24, 2.45) is 0 Å². The van der Waals surface area contributed by atoms with Gasteiger partial charge in [0.25, 0.3) is 5.95 Å². The fraction of sp³-hybridized carbons (Fsp3) is 0.381. The minimum absolute atomic E-state index is 0.0145. The summed E-state index contributed by atoms with van der Waals surface area (Å²) in [4.78, 5) is 23.6. The van der Waals surface area contributed by atoms with E-state index in [0.29, 0.717) is 30.3 Å². The van der Waals surface area contributed by atoms with Crippen molar-refractivity contribution in [3.63, 3.8) is 0 Å². The first-order valence-electron chi connectivity index (χ1n) is 10.3. The second-order valence-electron chi connectivity index (χ2n) is 8.07. The molecule has 3 N–H and O–H groups in total. The van der Waals surface area contributed by atoms with Gasteiger partial charge in [0, 0.05) is 31.2 Å². The lowest BCUT2D eigenvalue weighted by atomic mass is 9.85. The fourth-order valence-electron chi connectivity index (χ4n) is 3.92. The highest BCUT2D eigenvalue weighted by molar-refractivity contribution is 5.89. The fourth-order valence-corrected chi connectivity index (χ4v) is 3.92. The first kappa shape index (κ1) is 19.6. The number of anilines is 2. The Bertz CT molecular complexity index is 1230. The Morgan fingerprint density at radius 3 is 2.74 bits per heavy atom. The lowest BCUT2D eigenvalue weighted by Crippen LogP contribution is -2.34. The summed E-state index contributed by atoms with van der Waals surface area (Å²) in [5.74, 6) is 1.00. The summed E-state index contributed by atoms with van der Waals surface area (Å²) in [6, 6.07) is 5.77. The molecule has 10 nitrogen and oxygen atoms in total. The highest BCUT2D eigenvalue weighted by Crippen LogP contribution is 2.31. The van der Waals surface area contributed by atoms with Crippen LogP contribution >= 0.6 is 0 Å². The number of hydrogen-bond donors (Lipinski definition) is 3. The standard InChI is InChI=1S/C21H24N8O2/c1-21(30)8-5-13(6-9-21)31-28-20-26-19(22-2)17-14(7-12-29(17)27-20)15-3-4-16-18(25-15)24-11-10-23-16/h3-4,7,10-13,30H,5-6,8-9H2,1-2H3,(H2,22,26,27,28). The van der Waals surface area contributed by atoms with E-state index in [1.807, 2.05) is 38.4 Å². The molecule has 1 saturated carbocycles. The lowest BCUT2D eigenvalue weighted by Gasteiger charge is -2.32. The first-order chi connectivity index (χ1) is 15.0. The van der Waals surface area contributed by atoms with Gasteiger partial charge in [-0.2, -0.15) is 4.98 Å². The van der Waals surface area contributed by atoms with Crippen LogP contribution in [0, 0.1) is 0 Å². The van der Waals surface area contributed by atoms with Crippen molar-refractivity contribution in [1.82, 2.24) is 29.5 Å². The van der Waals surface area contributed by atoms with Crippen molar-refractivity contribution in [1.29, 1.82) is 0 Å². The normalized spacial score (nSPS) is 21.5. The van der Waals surface area contributed by atoms with Crippen LogP contribution in [-0.2, 0) is 4.84 Å². The van der Waals surface area contributed by atoms with Gasteiger partial charge in [0.05, 0.1) is 17.4 Å². The highest BCUT2D eigenvalue weighted by Gasteiger charge is 2.29. The molecule has 0 unspecified atom stereocenters. The molecule has 160 valence electrons. The largest absolute Gasteiger partial charge is 0.390 e. The SMILES string of the molecule is CNc1nc(NOC2CCC(C)(O)CC2)nn2ccc(-c3ccc4nccnc4n3)c12. The van der Waals surface area contributed by atoms with Gasteiger partial charge in [-0.25, -0.2) is 20.0 Å². The summed E-state index contributed by atoms with van der Waals surface area (Å²) < 4.78 is 1.74. The number of aliphatic hydroxyl groups is 1. The Morgan fingerprint density at radius 2 is 1.94 bits per heavy atom. The highest BCUT2D eigenvalue weighted by atomic mass is 16.7. The molecule has 0 aliphatic heterocycles. The van der Waals surface area contributed by atoms with Crippen molar-refractivity contribution >= 4 is 28.4 Å². The average molecular weight is 420 g/mol. The molecule has 4 aromatic heterocycles. The van der Waals surface area contributed by atoms with E-state index in [9.17, 15) is 5.11 Å². The molecule has 5 rings (SSSR count). The molecule has 31 heavy (non-hydrogen) atoms. The van der Waals surface area contributed by atoms with E-state index < -0.39 is 5.60 Å². The molecule has 10 heteroatoms. The van der Waals surface area contributed by atoms with Crippen LogP contribution in [0.4, 0.5) is 11.8 Å². The van der Waals surface area contributed by atoms with Crippen molar-refractivity contribution in [3.05, 3.63) is 36.8 Å². The molecule has 0 radical (unpaired) electrons. The van der Waals surface area contributed by atoms with Crippen molar-refractivity contribution < 1.29 is 9.94 Å². The van der Waals surface area contributed by atoms with E-state index in [1.165, 1.54) is 0 Å². The molecule has 4 heterocycles. The molecule has 0 spiro atoms. The number of nitrogens with one attached hydrogen (secondary N) is 2. The lowest BCUT2D eigenvalue weighted by molar-refractivity contribution is -0.0322. The number of rotatable bonds is 5. The third-order valence-corrected chi connectivity index (χ3v) is 5.68.